The van der Waals surface area contributed by atoms with Crippen LogP contribution in [0.5, 0.6) is 0 Å². The summed E-state index contributed by atoms with van der Waals surface area (Å²) in [6.45, 7) is 4.61. The number of carbonyl (C=O) groups excluding carboxylic acids is 1. The molecule has 1 aliphatic carbocycles. The van der Waals surface area contributed by atoms with Crippen LogP contribution in [0.15, 0.2) is 16.6 Å². The number of thiazole rings is 1. The maximum absolute atomic E-state index is 11.5. The largest absolute Gasteiger partial charge is 0.370 e. The van der Waals surface area contributed by atoms with Crippen molar-refractivity contribution in [1.82, 2.24) is 15.2 Å². The Kier molecular flexibility index (Phi) is 6.88. The molecule has 0 bridgehead atoms. The van der Waals surface area contributed by atoms with E-state index >= 15 is 0 Å². The molecule has 23 heavy (non-hydrogen) atoms. The van der Waals surface area contributed by atoms with Crippen LogP contribution in [0.4, 0.5) is 5.13 Å². The predicted molar refractivity (Wildman–Crippen MR) is 104 cm³/mol. The third kappa shape index (κ3) is 5.20. The molecule has 128 valence electrons. The molecule has 3 rings (SSSR count). The molecule has 0 aromatic carbocycles. The molecule has 1 saturated heterocycles. The monoisotopic (exact) mass is 450 g/mol. The molecule has 2 aliphatic rings. The Balaban J connectivity index is 0.00000192. The number of carbonyl (C=O) groups is 1. The Labute approximate surface area is 157 Å². The first-order valence-corrected chi connectivity index (χ1v) is 8.59. The van der Waals surface area contributed by atoms with Gasteiger partial charge in [-0.1, -0.05) is 0 Å². The molecule has 1 amide bonds. The van der Waals surface area contributed by atoms with Crippen molar-refractivity contribution in [2.45, 2.75) is 12.8 Å². The Bertz CT molecular complexity index is 525. The number of hydrogen-bond donors (Lipinski definition) is 2. The SMILES string of the molecule is I.NC(=NCCNC(=O)C1CC1)N1CCN(c2nccs2)CC1. The van der Waals surface area contributed by atoms with Crippen LogP contribution < -0.4 is 16.0 Å². The van der Waals surface area contributed by atoms with E-state index in [1.165, 1.54) is 0 Å². The average Bonchev–Trinajstić information content (AvgIpc) is 3.26. The number of nitrogens with one attached hydrogen (secondary N) is 1. The van der Waals surface area contributed by atoms with Gasteiger partial charge in [-0.2, -0.15) is 0 Å². The van der Waals surface area contributed by atoms with Gasteiger partial charge in [0.2, 0.25) is 5.91 Å². The predicted octanol–water partition coefficient (Wildman–Crippen LogP) is 0.724. The van der Waals surface area contributed by atoms with Crippen LogP contribution in [0.2, 0.25) is 0 Å². The maximum atomic E-state index is 11.5. The number of guanidine groups is 1. The standard InChI is InChI=1S/C14H22N6OS.HI/c15-13(17-4-3-16-12(21)11-1-2-11)19-6-8-20(9-7-19)14-18-5-10-22-14;/h5,10-11H,1-4,6-9H2,(H2,15,17)(H,16,21);1H. The minimum atomic E-state index is 0. The number of amides is 1. The van der Waals surface area contributed by atoms with Crippen molar-refractivity contribution in [3.05, 3.63) is 11.6 Å². The van der Waals surface area contributed by atoms with Crippen molar-refractivity contribution < 1.29 is 4.79 Å². The lowest BCUT2D eigenvalue weighted by Crippen LogP contribution is -2.51. The van der Waals surface area contributed by atoms with E-state index in [0.29, 0.717) is 19.0 Å². The minimum Gasteiger partial charge on any atom is -0.370 e. The summed E-state index contributed by atoms with van der Waals surface area (Å²) >= 11 is 1.66. The van der Waals surface area contributed by atoms with Gasteiger partial charge in [0.25, 0.3) is 0 Å². The van der Waals surface area contributed by atoms with Crippen LogP contribution in [0.3, 0.4) is 0 Å². The van der Waals surface area contributed by atoms with Gasteiger partial charge >= 0.3 is 0 Å². The normalized spacial score (nSPS) is 18.5. The number of piperazine rings is 1. The third-order valence-corrected chi connectivity index (χ3v) is 4.76. The molecular formula is C14H23IN6OS. The Morgan fingerprint density at radius 1 is 1.39 bits per heavy atom. The maximum Gasteiger partial charge on any atom is 0.223 e. The molecule has 0 radical (unpaired) electrons. The van der Waals surface area contributed by atoms with Crippen molar-refractivity contribution in [3.8, 4) is 0 Å². The highest BCUT2D eigenvalue weighted by molar-refractivity contribution is 14.0. The van der Waals surface area contributed by atoms with Crippen molar-refractivity contribution in [2.75, 3.05) is 44.2 Å². The molecule has 0 spiro atoms. The van der Waals surface area contributed by atoms with Gasteiger partial charge in [0.1, 0.15) is 0 Å². The van der Waals surface area contributed by atoms with Crippen LogP contribution in [0.25, 0.3) is 0 Å². The van der Waals surface area contributed by atoms with Crippen LogP contribution in [-0.2, 0) is 4.79 Å². The van der Waals surface area contributed by atoms with Gasteiger partial charge in [0, 0.05) is 50.2 Å². The first-order valence-electron chi connectivity index (χ1n) is 7.71. The molecule has 0 unspecified atom stereocenters. The summed E-state index contributed by atoms with van der Waals surface area (Å²) in [5.41, 5.74) is 6.03. The number of anilines is 1. The Hall–Kier alpha value is -1.10. The number of nitrogens with zero attached hydrogens (tertiary/aromatic N) is 4. The number of halogens is 1. The van der Waals surface area contributed by atoms with Crippen LogP contribution >= 0.6 is 35.3 Å². The van der Waals surface area contributed by atoms with E-state index in [1.807, 2.05) is 11.6 Å². The fourth-order valence-corrected chi connectivity index (χ4v) is 3.14. The third-order valence-electron chi connectivity index (χ3n) is 3.93. The molecular weight excluding hydrogens is 427 g/mol. The quantitative estimate of drug-likeness (QED) is 0.299. The van der Waals surface area contributed by atoms with Crippen molar-refractivity contribution in [2.24, 2.45) is 16.6 Å². The lowest BCUT2D eigenvalue weighted by molar-refractivity contribution is -0.122. The second-order valence-corrected chi connectivity index (χ2v) is 6.47. The van der Waals surface area contributed by atoms with Gasteiger partial charge < -0.3 is 20.9 Å². The second kappa shape index (κ2) is 8.67. The average molecular weight is 450 g/mol. The van der Waals surface area contributed by atoms with Gasteiger partial charge in [-0.25, -0.2) is 4.98 Å². The summed E-state index contributed by atoms with van der Waals surface area (Å²) in [5, 5.41) is 5.95. The zero-order valence-electron chi connectivity index (χ0n) is 13.0. The van der Waals surface area contributed by atoms with Crippen molar-refractivity contribution in [1.29, 1.82) is 0 Å². The summed E-state index contributed by atoms with van der Waals surface area (Å²) in [5.74, 6) is 0.977. The van der Waals surface area contributed by atoms with E-state index in [4.69, 9.17) is 5.73 Å². The molecule has 7 nitrogen and oxygen atoms in total. The smallest absolute Gasteiger partial charge is 0.223 e. The lowest BCUT2D eigenvalue weighted by Gasteiger charge is -2.35. The molecule has 1 aliphatic heterocycles. The molecule has 2 fully saturated rings. The topological polar surface area (TPSA) is 86.8 Å². The lowest BCUT2D eigenvalue weighted by atomic mass is 10.3. The highest BCUT2D eigenvalue weighted by Gasteiger charge is 2.29. The number of aromatic nitrogens is 1. The summed E-state index contributed by atoms with van der Waals surface area (Å²) in [7, 11) is 0. The van der Waals surface area contributed by atoms with Crippen LogP contribution in [0, 0.1) is 5.92 Å². The van der Waals surface area contributed by atoms with Gasteiger partial charge in [-0.3, -0.25) is 9.79 Å². The summed E-state index contributed by atoms with van der Waals surface area (Å²) < 4.78 is 0. The van der Waals surface area contributed by atoms with Gasteiger partial charge in [-0.05, 0) is 12.8 Å². The van der Waals surface area contributed by atoms with Crippen molar-refractivity contribution >= 4 is 52.3 Å². The highest BCUT2D eigenvalue weighted by Crippen LogP contribution is 2.28. The summed E-state index contributed by atoms with van der Waals surface area (Å²) in [6.07, 6.45) is 3.89. The molecule has 1 saturated carbocycles. The Morgan fingerprint density at radius 3 is 2.74 bits per heavy atom. The zero-order valence-corrected chi connectivity index (χ0v) is 16.1. The first kappa shape index (κ1) is 18.2. The molecule has 1 aromatic heterocycles. The number of hydrogen-bond acceptors (Lipinski definition) is 5. The highest BCUT2D eigenvalue weighted by atomic mass is 127. The van der Waals surface area contributed by atoms with Crippen molar-refractivity contribution in [3.63, 3.8) is 0 Å². The first-order chi connectivity index (χ1) is 10.7. The molecule has 2 heterocycles. The summed E-state index contributed by atoms with van der Waals surface area (Å²) in [6, 6.07) is 0. The van der Waals surface area contributed by atoms with Crippen LogP contribution in [0.1, 0.15) is 12.8 Å². The van der Waals surface area contributed by atoms with Gasteiger partial charge in [0.05, 0.1) is 6.54 Å². The van der Waals surface area contributed by atoms with E-state index in [1.54, 1.807) is 11.3 Å². The van der Waals surface area contributed by atoms with E-state index in [-0.39, 0.29) is 35.8 Å². The number of aliphatic imine (C=N–C) groups is 1. The molecule has 9 heteroatoms. The zero-order chi connectivity index (χ0) is 15.4. The molecule has 0 atom stereocenters. The number of rotatable bonds is 5. The fraction of sp³-hybridized carbons (Fsp3) is 0.643. The van der Waals surface area contributed by atoms with Gasteiger partial charge in [0.15, 0.2) is 11.1 Å². The van der Waals surface area contributed by atoms with E-state index in [2.05, 4.69) is 25.1 Å². The van der Waals surface area contributed by atoms with Crippen LogP contribution in [-0.4, -0.2) is 61.0 Å². The fourth-order valence-electron chi connectivity index (χ4n) is 2.44. The van der Waals surface area contributed by atoms with E-state index < -0.39 is 0 Å². The van der Waals surface area contributed by atoms with E-state index in [0.717, 1.165) is 44.2 Å². The molecule has 3 N–H and O–H groups in total. The molecule has 1 aromatic rings. The van der Waals surface area contributed by atoms with E-state index in [9.17, 15) is 4.79 Å². The Morgan fingerprint density at radius 2 is 2.13 bits per heavy atom. The summed E-state index contributed by atoms with van der Waals surface area (Å²) in [4.78, 5) is 24.5. The number of nitrogens with two attached hydrogens (primary N) is 1. The second-order valence-electron chi connectivity index (χ2n) is 5.59. The van der Waals surface area contributed by atoms with Gasteiger partial charge in [-0.15, -0.1) is 35.3 Å². The minimum absolute atomic E-state index is 0.